The van der Waals surface area contributed by atoms with Crippen LogP contribution in [-0.2, 0) is 5.92 Å². The summed E-state index contributed by atoms with van der Waals surface area (Å²) in [4.78, 5) is 11.8. The number of alkyl halides is 6. The monoisotopic (exact) mass is 396 g/mol. The van der Waals surface area contributed by atoms with Gasteiger partial charge in [-0.2, -0.15) is 28.1 Å². The first-order valence-electron chi connectivity index (χ1n) is 7.43. The first-order chi connectivity index (χ1) is 13.0. The molecule has 0 N–H and O–H groups in total. The molecule has 0 aromatic heterocycles. The number of nitriles is 2. The van der Waals surface area contributed by atoms with Crippen molar-refractivity contribution in [2.75, 3.05) is 0 Å². The van der Waals surface area contributed by atoms with Crippen molar-refractivity contribution in [1.82, 2.24) is 0 Å². The van der Waals surface area contributed by atoms with Gasteiger partial charge in [0.05, 0.1) is 28.8 Å². The van der Waals surface area contributed by atoms with Gasteiger partial charge in [-0.3, -0.25) is 4.79 Å². The van der Waals surface area contributed by atoms with Crippen LogP contribution in [0.3, 0.4) is 0 Å². The molecule has 0 spiro atoms. The Kier molecular flexibility index (Phi) is 4.31. The highest BCUT2D eigenvalue weighted by atomic mass is 19.3. The number of nitrogens with zero attached hydrogens (tertiary/aromatic N) is 2. The summed E-state index contributed by atoms with van der Waals surface area (Å²) in [7, 11) is 0. The number of fused-ring (bicyclic) bond motifs is 1. The van der Waals surface area contributed by atoms with E-state index in [2.05, 4.69) is 0 Å². The number of Topliss-reactive ketones (excluding diaryl/α,β-unsaturated/α-hetero) is 1. The van der Waals surface area contributed by atoms with Crippen LogP contribution in [0.15, 0.2) is 30.3 Å². The second kappa shape index (κ2) is 6.27. The van der Waals surface area contributed by atoms with E-state index in [0.29, 0.717) is 12.1 Å². The Bertz CT molecular complexity index is 1050. The van der Waals surface area contributed by atoms with Crippen molar-refractivity contribution in [1.29, 1.82) is 10.5 Å². The molecule has 3 rings (SSSR count). The zero-order valence-electron chi connectivity index (χ0n) is 13.4. The highest BCUT2D eigenvalue weighted by Gasteiger charge is 2.70. The summed E-state index contributed by atoms with van der Waals surface area (Å²) in [6, 6.07) is 7.73. The van der Waals surface area contributed by atoms with E-state index < -0.39 is 46.5 Å². The van der Waals surface area contributed by atoms with Crippen molar-refractivity contribution in [3.63, 3.8) is 0 Å². The number of ketones is 1. The first kappa shape index (κ1) is 19.2. The van der Waals surface area contributed by atoms with Crippen LogP contribution in [-0.4, -0.2) is 11.7 Å². The molecule has 0 bridgehead atoms. The topological polar surface area (TPSA) is 73.9 Å². The lowest BCUT2D eigenvalue weighted by atomic mass is 10.0. The van der Waals surface area contributed by atoms with Crippen LogP contribution in [0.5, 0.6) is 11.5 Å². The van der Waals surface area contributed by atoms with Gasteiger partial charge >= 0.3 is 11.8 Å². The lowest BCUT2D eigenvalue weighted by Gasteiger charge is -2.17. The zero-order chi connectivity index (χ0) is 20.9. The Labute approximate surface area is 153 Å². The average Bonchev–Trinajstić information content (AvgIpc) is 2.78. The minimum atomic E-state index is -5.17. The lowest BCUT2D eigenvalue weighted by Crippen LogP contribution is -2.38. The van der Waals surface area contributed by atoms with Crippen molar-refractivity contribution in [3.05, 3.63) is 58.1 Å². The van der Waals surface area contributed by atoms with Crippen molar-refractivity contribution in [3.8, 4) is 23.6 Å². The number of carbonyl (C=O) groups excluding carboxylic acids is 1. The molecule has 0 heterocycles. The third-order valence-electron chi connectivity index (χ3n) is 4.06. The van der Waals surface area contributed by atoms with Crippen LogP contribution < -0.4 is 4.74 Å². The molecule has 10 heteroatoms. The van der Waals surface area contributed by atoms with Crippen molar-refractivity contribution in [2.24, 2.45) is 0 Å². The molecule has 4 nitrogen and oxygen atoms in total. The van der Waals surface area contributed by atoms with Gasteiger partial charge in [-0.15, -0.1) is 0 Å². The maximum atomic E-state index is 13.8. The van der Waals surface area contributed by atoms with Crippen molar-refractivity contribution in [2.45, 2.75) is 18.3 Å². The fourth-order valence-electron chi connectivity index (χ4n) is 2.80. The van der Waals surface area contributed by atoms with Gasteiger partial charge in [0.2, 0.25) is 5.78 Å². The number of hydrogen-bond donors (Lipinski definition) is 0. The second-order valence-corrected chi connectivity index (χ2v) is 5.75. The number of benzene rings is 2. The molecule has 2 aromatic carbocycles. The fourth-order valence-corrected chi connectivity index (χ4v) is 2.80. The Morgan fingerprint density at radius 1 is 0.929 bits per heavy atom. The summed E-state index contributed by atoms with van der Waals surface area (Å²) >= 11 is 0. The molecular weight excluding hydrogens is 390 g/mol. The van der Waals surface area contributed by atoms with Crippen LogP contribution in [0.2, 0.25) is 0 Å². The number of halogens is 6. The predicted molar refractivity (Wildman–Crippen MR) is 80.5 cm³/mol. The standard InChI is InChI=1S/C18H6F6N2O2/c19-16(20)14-12(28-10-4-8(6-25)3-9(5-10)7-26)2-1-11-13(14)15(27)18(23,24)17(11,21)22/h1-5,16H. The van der Waals surface area contributed by atoms with Crippen LogP contribution in [0.4, 0.5) is 26.3 Å². The van der Waals surface area contributed by atoms with E-state index in [1.807, 2.05) is 0 Å². The van der Waals surface area contributed by atoms with E-state index in [1.165, 1.54) is 6.07 Å². The highest BCUT2D eigenvalue weighted by Crippen LogP contribution is 2.55. The normalized spacial score (nSPS) is 16.4. The molecule has 0 amide bonds. The summed E-state index contributed by atoms with van der Waals surface area (Å²) in [6.07, 6.45) is -3.59. The molecule has 0 unspecified atom stereocenters. The van der Waals surface area contributed by atoms with E-state index in [-0.39, 0.29) is 16.9 Å². The Morgan fingerprint density at radius 3 is 2.00 bits per heavy atom. The molecule has 0 radical (unpaired) electrons. The predicted octanol–water partition coefficient (Wildman–Crippen LogP) is 5.08. The number of ether oxygens (including phenoxy) is 1. The third kappa shape index (κ3) is 2.65. The number of hydrogen-bond acceptors (Lipinski definition) is 4. The molecule has 0 saturated heterocycles. The summed E-state index contributed by atoms with van der Waals surface area (Å²) in [5.74, 6) is -13.7. The van der Waals surface area contributed by atoms with E-state index in [9.17, 15) is 31.1 Å². The second-order valence-electron chi connectivity index (χ2n) is 5.75. The summed E-state index contributed by atoms with van der Waals surface area (Å²) in [5.41, 5.74) is -4.57. The smallest absolute Gasteiger partial charge is 0.376 e. The first-order valence-corrected chi connectivity index (χ1v) is 7.43. The number of rotatable bonds is 3. The number of carbonyl (C=O) groups is 1. The summed E-state index contributed by atoms with van der Waals surface area (Å²) in [6.45, 7) is 0. The van der Waals surface area contributed by atoms with Crippen LogP contribution >= 0.6 is 0 Å². The van der Waals surface area contributed by atoms with Gasteiger partial charge in [0.15, 0.2) is 0 Å². The molecule has 142 valence electrons. The Balaban J connectivity index is 2.19. The van der Waals surface area contributed by atoms with Crippen LogP contribution in [0, 0.1) is 22.7 Å². The van der Waals surface area contributed by atoms with Gasteiger partial charge in [-0.25, -0.2) is 8.78 Å². The van der Waals surface area contributed by atoms with Gasteiger partial charge in [0.25, 0.3) is 6.43 Å². The minimum absolute atomic E-state index is 0.0667. The molecule has 0 aliphatic heterocycles. The van der Waals surface area contributed by atoms with Crippen molar-refractivity contribution >= 4 is 5.78 Å². The highest BCUT2D eigenvalue weighted by molar-refractivity contribution is 6.08. The van der Waals surface area contributed by atoms with Crippen molar-refractivity contribution < 1.29 is 35.9 Å². The quantitative estimate of drug-likeness (QED) is 0.678. The van der Waals surface area contributed by atoms with Crippen LogP contribution in [0.25, 0.3) is 0 Å². The maximum Gasteiger partial charge on any atom is 0.376 e. The molecule has 2 aromatic rings. The molecule has 28 heavy (non-hydrogen) atoms. The van der Waals surface area contributed by atoms with E-state index >= 15 is 0 Å². The zero-order valence-corrected chi connectivity index (χ0v) is 13.4. The lowest BCUT2D eigenvalue weighted by molar-refractivity contribution is -0.176. The van der Waals surface area contributed by atoms with E-state index in [1.54, 1.807) is 12.1 Å². The van der Waals surface area contributed by atoms with Crippen LogP contribution in [0.1, 0.15) is 39.0 Å². The van der Waals surface area contributed by atoms with Gasteiger partial charge in [-0.1, -0.05) is 0 Å². The largest absolute Gasteiger partial charge is 0.457 e. The molecule has 0 fully saturated rings. The summed E-state index contributed by atoms with van der Waals surface area (Å²) in [5, 5.41) is 17.8. The van der Waals surface area contributed by atoms with Gasteiger partial charge in [0.1, 0.15) is 11.5 Å². The minimum Gasteiger partial charge on any atom is -0.457 e. The van der Waals surface area contributed by atoms with E-state index in [4.69, 9.17) is 15.3 Å². The third-order valence-corrected chi connectivity index (χ3v) is 4.06. The van der Waals surface area contributed by atoms with E-state index in [0.717, 1.165) is 12.1 Å². The Morgan fingerprint density at radius 2 is 1.50 bits per heavy atom. The molecular formula is C18H6F6N2O2. The van der Waals surface area contributed by atoms with Gasteiger partial charge < -0.3 is 4.74 Å². The summed E-state index contributed by atoms with van der Waals surface area (Å²) < 4.78 is 87.2. The Hall–Kier alpha value is -3.53. The fraction of sp³-hybridized carbons (Fsp3) is 0.167. The SMILES string of the molecule is N#Cc1cc(C#N)cc(Oc2ccc3c(c2C(F)F)C(=O)C(F)(F)C3(F)F)c1. The van der Waals surface area contributed by atoms with Gasteiger partial charge in [0, 0.05) is 11.1 Å². The van der Waals surface area contributed by atoms with Gasteiger partial charge in [-0.05, 0) is 30.3 Å². The average molecular weight is 396 g/mol. The molecule has 0 atom stereocenters. The molecule has 0 saturated carbocycles. The molecule has 1 aliphatic rings. The molecule has 1 aliphatic carbocycles. The maximum absolute atomic E-state index is 13.8.